The standard InChI is InChI=1S/C41H26N2O/c1-3-11-27(12-4-1)30-21-24-39-35(25-30)36-26-34(32-15-7-8-16-33(32)40(36)44-39)28-19-22-31(23-20-28)43-38-18-10-9-17-37(38)42-41(43)29-13-5-2-6-14-29/h1-26H. The molecule has 7 aromatic carbocycles. The van der Waals surface area contributed by atoms with Crippen molar-refractivity contribution in [3.05, 3.63) is 158 Å². The fourth-order valence-corrected chi connectivity index (χ4v) is 6.51. The zero-order chi connectivity index (χ0) is 29.0. The molecule has 0 bridgehead atoms. The zero-order valence-electron chi connectivity index (χ0n) is 23.8. The average molecular weight is 563 g/mol. The first-order chi connectivity index (χ1) is 21.8. The van der Waals surface area contributed by atoms with Crippen LogP contribution in [0, 0.1) is 0 Å². The van der Waals surface area contributed by atoms with Gasteiger partial charge in [0, 0.05) is 27.4 Å². The van der Waals surface area contributed by atoms with E-state index in [1.54, 1.807) is 0 Å². The van der Waals surface area contributed by atoms with E-state index in [1.807, 2.05) is 12.1 Å². The molecule has 0 radical (unpaired) electrons. The molecule has 2 aromatic heterocycles. The van der Waals surface area contributed by atoms with E-state index in [2.05, 4.69) is 150 Å². The molecule has 0 spiro atoms. The molecule has 0 fully saturated rings. The van der Waals surface area contributed by atoms with Crippen molar-refractivity contribution in [1.82, 2.24) is 9.55 Å². The van der Waals surface area contributed by atoms with Crippen LogP contribution in [-0.4, -0.2) is 9.55 Å². The van der Waals surface area contributed by atoms with Crippen LogP contribution in [0.4, 0.5) is 0 Å². The van der Waals surface area contributed by atoms with E-state index < -0.39 is 0 Å². The van der Waals surface area contributed by atoms with E-state index in [0.29, 0.717) is 0 Å². The van der Waals surface area contributed by atoms with Crippen molar-refractivity contribution in [3.8, 4) is 39.3 Å². The summed E-state index contributed by atoms with van der Waals surface area (Å²) in [5.74, 6) is 0.936. The van der Waals surface area contributed by atoms with Gasteiger partial charge in [-0.25, -0.2) is 4.98 Å². The summed E-state index contributed by atoms with van der Waals surface area (Å²) >= 11 is 0. The Labute approximate surface area is 254 Å². The van der Waals surface area contributed by atoms with Crippen LogP contribution in [0.2, 0.25) is 0 Å². The molecule has 0 N–H and O–H groups in total. The number of imidazole rings is 1. The predicted octanol–water partition coefficient (Wildman–Crippen LogP) is 11.1. The highest BCUT2D eigenvalue weighted by Crippen LogP contribution is 2.41. The molecule has 0 aliphatic heterocycles. The molecule has 44 heavy (non-hydrogen) atoms. The lowest BCUT2D eigenvalue weighted by Crippen LogP contribution is -1.97. The number of fused-ring (bicyclic) bond motifs is 6. The first kappa shape index (κ1) is 24.6. The van der Waals surface area contributed by atoms with Crippen molar-refractivity contribution in [2.24, 2.45) is 0 Å². The van der Waals surface area contributed by atoms with Crippen molar-refractivity contribution in [1.29, 1.82) is 0 Å². The maximum absolute atomic E-state index is 6.50. The Bertz CT molecular complexity index is 2470. The van der Waals surface area contributed by atoms with Crippen LogP contribution in [0.3, 0.4) is 0 Å². The number of rotatable bonds is 4. The maximum atomic E-state index is 6.50. The van der Waals surface area contributed by atoms with Crippen molar-refractivity contribution < 1.29 is 4.42 Å². The molecule has 0 saturated carbocycles. The second-order valence-electron chi connectivity index (χ2n) is 11.2. The van der Waals surface area contributed by atoms with E-state index >= 15 is 0 Å². The van der Waals surface area contributed by atoms with E-state index in [4.69, 9.17) is 9.40 Å². The Hall–Kier alpha value is -5.93. The lowest BCUT2D eigenvalue weighted by molar-refractivity contribution is 0.673. The van der Waals surface area contributed by atoms with Crippen LogP contribution in [0.5, 0.6) is 0 Å². The minimum absolute atomic E-state index is 0.901. The summed E-state index contributed by atoms with van der Waals surface area (Å²) in [6, 6.07) is 55.5. The number of para-hydroxylation sites is 2. The molecule has 0 aliphatic rings. The van der Waals surface area contributed by atoms with E-state index in [0.717, 1.165) is 61.0 Å². The maximum Gasteiger partial charge on any atom is 0.145 e. The third-order valence-corrected chi connectivity index (χ3v) is 8.61. The number of hydrogen-bond donors (Lipinski definition) is 0. The van der Waals surface area contributed by atoms with Gasteiger partial charge in [-0.15, -0.1) is 0 Å². The van der Waals surface area contributed by atoms with Gasteiger partial charge in [0.05, 0.1) is 11.0 Å². The molecule has 206 valence electrons. The van der Waals surface area contributed by atoms with Crippen LogP contribution >= 0.6 is 0 Å². The van der Waals surface area contributed by atoms with E-state index in [-0.39, 0.29) is 0 Å². The fraction of sp³-hybridized carbons (Fsp3) is 0. The number of nitrogens with zero attached hydrogens (tertiary/aromatic N) is 2. The Morgan fingerprint density at radius 1 is 0.455 bits per heavy atom. The summed E-state index contributed by atoms with van der Waals surface area (Å²) in [5, 5.41) is 4.55. The highest BCUT2D eigenvalue weighted by molar-refractivity contribution is 6.19. The summed E-state index contributed by atoms with van der Waals surface area (Å²) in [4.78, 5) is 5.02. The molecule has 3 nitrogen and oxygen atoms in total. The van der Waals surface area contributed by atoms with Gasteiger partial charge in [0.1, 0.15) is 17.0 Å². The lowest BCUT2D eigenvalue weighted by atomic mass is 9.94. The van der Waals surface area contributed by atoms with Gasteiger partial charge >= 0.3 is 0 Å². The van der Waals surface area contributed by atoms with Crippen LogP contribution in [-0.2, 0) is 0 Å². The lowest BCUT2D eigenvalue weighted by Gasteiger charge is -2.12. The Morgan fingerprint density at radius 2 is 1.11 bits per heavy atom. The molecular formula is C41H26N2O. The molecule has 9 aromatic rings. The minimum atomic E-state index is 0.901. The second-order valence-corrected chi connectivity index (χ2v) is 11.2. The number of hydrogen-bond acceptors (Lipinski definition) is 2. The predicted molar refractivity (Wildman–Crippen MR) is 182 cm³/mol. The normalized spacial score (nSPS) is 11.6. The molecule has 0 atom stereocenters. The van der Waals surface area contributed by atoms with Crippen molar-refractivity contribution in [3.63, 3.8) is 0 Å². The third kappa shape index (κ3) is 3.87. The van der Waals surface area contributed by atoms with Crippen molar-refractivity contribution in [2.45, 2.75) is 0 Å². The van der Waals surface area contributed by atoms with Crippen LogP contribution in [0.1, 0.15) is 0 Å². The molecule has 2 heterocycles. The Balaban J connectivity index is 1.23. The molecule has 9 rings (SSSR count). The van der Waals surface area contributed by atoms with Gasteiger partial charge < -0.3 is 4.42 Å². The molecule has 0 amide bonds. The van der Waals surface area contributed by atoms with Gasteiger partial charge in [0.15, 0.2) is 0 Å². The van der Waals surface area contributed by atoms with Crippen molar-refractivity contribution >= 4 is 43.7 Å². The smallest absolute Gasteiger partial charge is 0.145 e. The van der Waals surface area contributed by atoms with Crippen LogP contribution in [0.25, 0.3) is 83.1 Å². The fourth-order valence-electron chi connectivity index (χ4n) is 6.51. The first-order valence-electron chi connectivity index (χ1n) is 14.9. The van der Waals surface area contributed by atoms with Gasteiger partial charge in [0.25, 0.3) is 0 Å². The molecular weight excluding hydrogens is 536 g/mol. The molecule has 0 saturated heterocycles. The van der Waals surface area contributed by atoms with E-state index in [1.165, 1.54) is 22.1 Å². The first-order valence-corrected chi connectivity index (χ1v) is 14.9. The zero-order valence-corrected chi connectivity index (χ0v) is 23.8. The number of benzene rings is 7. The molecule has 3 heteroatoms. The molecule has 0 unspecified atom stereocenters. The summed E-state index contributed by atoms with van der Waals surface area (Å²) in [5.41, 5.74) is 10.8. The highest BCUT2D eigenvalue weighted by atomic mass is 16.3. The summed E-state index contributed by atoms with van der Waals surface area (Å²) in [6.07, 6.45) is 0. The topological polar surface area (TPSA) is 31.0 Å². The average Bonchev–Trinajstić information content (AvgIpc) is 3.67. The number of furan rings is 1. The summed E-state index contributed by atoms with van der Waals surface area (Å²) < 4.78 is 8.76. The van der Waals surface area contributed by atoms with Crippen LogP contribution in [0.15, 0.2) is 162 Å². The van der Waals surface area contributed by atoms with Gasteiger partial charge in [-0.2, -0.15) is 0 Å². The minimum Gasteiger partial charge on any atom is -0.455 e. The van der Waals surface area contributed by atoms with Gasteiger partial charge in [-0.1, -0.05) is 115 Å². The quantitative estimate of drug-likeness (QED) is 0.214. The third-order valence-electron chi connectivity index (χ3n) is 8.61. The van der Waals surface area contributed by atoms with E-state index in [9.17, 15) is 0 Å². The van der Waals surface area contributed by atoms with Gasteiger partial charge in [0.2, 0.25) is 0 Å². The summed E-state index contributed by atoms with van der Waals surface area (Å²) in [7, 11) is 0. The van der Waals surface area contributed by atoms with Crippen LogP contribution < -0.4 is 0 Å². The SMILES string of the molecule is c1ccc(-c2ccc3oc4c5ccccc5c(-c5ccc(-n6c(-c7ccccc7)nc7ccccc76)cc5)cc4c3c2)cc1. The van der Waals surface area contributed by atoms with Gasteiger partial charge in [-0.05, 0) is 70.1 Å². The number of aromatic nitrogens is 2. The largest absolute Gasteiger partial charge is 0.455 e. The van der Waals surface area contributed by atoms with Crippen molar-refractivity contribution in [2.75, 3.05) is 0 Å². The molecule has 0 aliphatic carbocycles. The summed E-state index contributed by atoms with van der Waals surface area (Å²) in [6.45, 7) is 0. The Morgan fingerprint density at radius 3 is 1.91 bits per heavy atom. The monoisotopic (exact) mass is 562 g/mol. The Kier molecular flexibility index (Phi) is 5.50. The highest BCUT2D eigenvalue weighted by Gasteiger charge is 2.17. The second kappa shape index (κ2) is 9.82. The van der Waals surface area contributed by atoms with Gasteiger partial charge in [-0.3, -0.25) is 4.57 Å².